The van der Waals surface area contributed by atoms with Gasteiger partial charge in [-0.3, -0.25) is 0 Å². The molecule has 1 aromatic rings. The molecule has 0 aliphatic heterocycles. The van der Waals surface area contributed by atoms with Gasteiger partial charge >= 0.3 is 0 Å². The van der Waals surface area contributed by atoms with Gasteiger partial charge in [0.1, 0.15) is 10.7 Å². The van der Waals surface area contributed by atoms with E-state index in [1.54, 1.807) is 11.8 Å². The van der Waals surface area contributed by atoms with Crippen molar-refractivity contribution in [1.82, 2.24) is 0 Å². The SMILES string of the molecule is CCCOc1cccc(SC)c1C(N)=S. The normalized spacial score (nSPS) is 10.0. The molecule has 15 heavy (non-hydrogen) atoms. The fraction of sp³-hybridized carbons (Fsp3) is 0.364. The molecule has 82 valence electrons. The molecule has 0 aromatic heterocycles. The van der Waals surface area contributed by atoms with Crippen molar-refractivity contribution in [2.75, 3.05) is 12.9 Å². The zero-order chi connectivity index (χ0) is 11.3. The summed E-state index contributed by atoms with van der Waals surface area (Å²) < 4.78 is 5.61. The van der Waals surface area contributed by atoms with Gasteiger partial charge in [-0.15, -0.1) is 11.8 Å². The number of thioether (sulfide) groups is 1. The third-order valence-corrected chi connectivity index (χ3v) is 2.90. The number of nitrogens with two attached hydrogens (primary N) is 1. The van der Waals surface area contributed by atoms with Gasteiger partial charge < -0.3 is 10.5 Å². The minimum Gasteiger partial charge on any atom is -0.493 e. The molecule has 0 radical (unpaired) electrons. The highest BCUT2D eigenvalue weighted by molar-refractivity contribution is 7.98. The second-order valence-electron chi connectivity index (χ2n) is 3.05. The molecule has 1 rings (SSSR count). The summed E-state index contributed by atoms with van der Waals surface area (Å²) in [5.41, 5.74) is 6.56. The van der Waals surface area contributed by atoms with Crippen LogP contribution in [0.4, 0.5) is 0 Å². The molecule has 0 aliphatic rings. The van der Waals surface area contributed by atoms with E-state index in [1.807, 2.05) is 24.5 Å². The molecule has 0 saturated carbocycles. The Morgan fingerprint density at radius 1 is 1.53 bits per heavy atom. The molecule has 0 heterocycles. The first-order valence-electron chi connectivity index (χ1n) is 4.80. The van der Waals surface area contributed by atoms with Crippen molar-refractivity contribution in [2.24, 2.45) is 5.73 Å². The van der Waals surface area contributed by atoms with E-state index in [2.05, 4.69) is 6.92 Å². The Labute approximate surface area is 100 Å². The largest absolute Gasteiger partial charge is 0.493 e. The highest BCUT2D eigenvalue weighted by Gasteiger charge is 2.11. The van der Waals surface area contributed by atoms with Crippen molar-refractivity contribution in [2.45, 2.75) is 18.2 Å². The van der Waals surface area contributed by atoms with Crippen molar-refractivity contribution in [3.05, 3.63) is 23.8 Å². The topological polar surface area (TPSA) is 35.2 Å². The molecular formula is C11H15NOS2. The van der Waals surface area contributed by atoms with E-state index in [-0.39, 0.29) is 0 Å². The third-order valence-electron chi connectivity index (χ3n) is 1.92. The molecular weight excluding hydrogens is 226 g/mol. The molecule has 0 amide bonds. The predicted molar refractivity (Wildman–Crippen MR) is 69.9 cm³/mol. The van der Waals surface area contributed by atoms with Gasteiger partial charge in [-0.05, 0) is 24.8 Å². The third kappa shape index (κ3) is 3.11. The zero-order valence-electron chi connectivity index (χ0n) is 8.95. The quantitative estimate of drug-likeness (QED) is 0.635. The van der Waals surface area contributed by atoms with Gasteiger partial charge in [0.25, 0.3) is 0 Å². The average Bonchev–Trinajstić information content (AvgIpc) is 2.25. The molecule has 0 unspecified atom stereocenters. The number of thiocarbonyl (C=S) groups is 1. The van der Waals surface area contributed by atoms with E-state index in [1.165, 1.54) is 0 Å². The van der Waals surface area contributed by atoms with Gasteiger partial charge in [-0.2, -0.15) is 0 Å². The summed E-state index contributed by atoms with van der Waals surface area (Å²) in [5, 5.41) is 0. The Hall–Kier alpha value is -0.740. The Kier molecular flexibility index (Phi) is 4.91. The summed E-state index contributed by atoms with van der Waals surface area (Å²) >= 11 is 6.66. The van der Waals surface area contributed by atoms with Gasteiger partial charge in [-0.1, -0.05) is 25.2 Å². The van der Waals surface area contributed by atoms with E-state index in [9.17, 15) is 0 Å². The zero-order valence-corrected chi connectivity index (χ0v) is 10.6. The lowest BCUT2D eigenvalue weighted by atomic mass is 10.2. The van der Waals surface area contributed by atoms with Crippen molar-refractivity contribution in [3.63, 3.8) is 0 Å². The molecule has 0 bridgehead atoms. The predicted octanol–water partition coefficient (Wildman–Crippen LogP) is 2.83. The smallest absolute Gasteiger partial charge is 0.130 e. The maximum Gasteiger partial charge on any atom is 0.130 e. The maximum atomic E-state index is 5.70. The number of hydrogen-bond acceptors (Lipinski definition) is 3. The van der Waals surface area contributed by atoms with Gasteiger partial charge in [0, 0.05) is 4.90 Å². The summed E-state index contributed by atoms with van der Waals surface area (Å²) in [6.45, 7) is 2.76. The van der Waals surface area contributed by atoms with E-state index in [0.29, 0.717) is 11.6 Å². The van der Waals surface area contributed by atoms with E-state index in [4.69, 9.17) is 22.7 Å². The minimum atomic E-state index is 0.394. The highest BCUT2D eigenvalue weighted by Crippen LogP contribution is 2.28. The molecule has 2 nitrogen and oxygen atoms in total. The summed E-state index contributed by atoms with van der Waals surface area (Å²) in [5.74, 6) is 0.788. The first kappa shape index (κ1) is 12.3. The highest BCUT2D eigenvalue weighted by atomic mass is 32.2. The van der Waals surface area contributed by atoms with Gasteiger partial charge in [0.2, 0.25) is 0 Å². The lowest BCUT2D eigenvalue weighted by Crippen LogP contribution is -2.13. The van der Waals surface area contributed by atoms with Crippen molar-refractivity contribution in [3.8, 4) is 5.75 Å². The lowest BCUT2D eigenvalue weighted by Gasteiger charge is -2.12. The minimum absolute atomic E-state index is 0.394. The molecule has 0 aliphatic carbocycles. The molecule has 4 heteroatoms. The second-order valence-corrected chi connectivity index (χ2v) is 4.33. The van der Waals surface area contributed by atoms with Gasteiger partial charge in [0.15, 0.2) is 0 Å². The van der Waals surface area contributed by atoms with Crippen molar-refractivity contribution >= 4 is 29.0 Å². The fourth-order valence-corrected chi connectivity index (χ4v) is 2.16. The van der Waals surface area contributed by atoms with Gasteiger partial charge in [-0.25, -0.2) is 0 Å². The van der Waals surface area contributed by atoms with Crippen LogP contribution in [0.25, 0.3) is 0 Å². The molecule has 0 fully saturated rings. The van der Waals surface area contributed by atoms with E-state index in [0.717, 1.165) is 22.6 Å². The maximum absolute atomic E-state index is 5.70. The van der Waals surface area contributed by atoms with Crippen molar-refractivity contribution < 1.29 is 4.74 Å². The summed E-state index contributed by atoms with van der Waals surface area (Å²) in [4.78, 5) is 1.46. The fourth-order valence-electron chi connectivity index (χ4n) is 1.26. The van der Waals surface area contributed by atoms with Crippen molar-refractivity contribution in [1.29, 1.82) is 0 Å². The van der Waals surface area contributed by atoms with Crippen LogP contribution in [0.5, 0.6) is 5.75 Å². The standard InChI is InChI=1S/C11H15NOS2/c1-3-7-13-8-5-4-6-9(15-2)10(8)11(12)14/h4-6H,3,7H2,1-2H3,(H2,12,14). The lowest BCUT2D eigenvalue weighted by molar-refractivity contribution is 0.316. The second kappa shape index (κ2) is 5.98. The summed E-state index contributed by atoms with van der Waals surface area (Å²) in [6.07, 6.45) is 2.97. The first-order valence-corrected chi connectivity index (χ1v) is 6.43. The monoisotopic (exact) mass is 241 g/mol. The van der Waals surface area contributed by atoms with Crippen LogP contribution in [0.2, 0.25) is 0 Å². The molecule has 0 atom stereocenters. The molecule has 0 saturated heterocycles. The number of hydrogen-bond donors (Lipinski definition) is 1. The summed E-state index contributed by atoms with van der Waals surface area (Å²) in [6, 6.07) is 5.86. The molecule has 1 aromatic carbocycles. The van der Waals surface area contributed by atoms with Crippen LogP contribution >= 0.6 is 24.0 Å². The van der Waals surface area contributed by atoms with Crippen LogP contribution in [-0.2, 0) is 0 Å². The molecule has 2 N–H and O–H groups in total. The Balaban J connectivity index is 3.07. The number of benzene rings is 1. The van der Waals surface area contributed by atoms with Gasteiger partial charge in [0.05, 0.1) is 12.2 Å². The van der Waals surface area contributed by atoms with Crippen LogP contribution in [0.1, 0.15) is 18.9 Å². The van der Waals surface area contributed by atoms with E-state index >= 15 is 0 Å². The summed E-state index contributed by atoms with van der Waals surface area (Å²) in [7, 11) is 0. The van der Waals surface area contributed by atoms with Crippen LogP contribution in [0.3, 0.4) is 0 Å². The van der Waals surface area contributed by atoms with Crippen LogP contribution < -0.4 is 10.5 Å². The van der Waals surface area contributed by atoms with Crippen LogP contribution in [0.15, 0.2) is 23.1 Å². The van der Waals surface area contributed by atoms with E-state index < -0.39 is 0 Å². The Morgan fingerprint density at radius 3 is 2.80 bits per heavy atom. The molecule has 0 spiro atoms. The average molecular weight is 241 g/mol. The number of ether oxygens (including phenoxy) is 1. The Bertz CT molecular complexity index is 352. The van der Waals surface area contributed by atoms with Crippen LogP contribution in [-0.4, -0.2) is 17.9 Å². The number of rotatable bonds is 5. The van der Waals surface area contributed by atoms with Crippen LogP contribution in [0, 0.1) is 0 Å². The Morgan fingerprint density at radius 2 is 2.27 bits per heavy atom. The first-order chi connectivity index (χ1) is 7.20.